The van der Waals surface area contributed by atoms with Gasteiger partial charge in [0.05, 0.1) is 17.1 Å². The molecule has 1 heteroatoms. The smallest absolute Gasteiger partial charge is 0.0543 e. The Morgan fingerprint density at radius 3 is 1.54 bits per heavy atom. The van der Waals surface area contributed by atoms with E-state index < -0.39 is 0 Å². The van der Waals surface area contributed by atoms with Gasteiger partial charge in [-0.3, -0.25) is 0 Å². The quantitative estimate of drug-likeness (QED) is 0.159. The minimum atomic E-state index is -0.135. The Kier molecular flexibility index (Phi) is 8.23. The average molecular weight is 716 g/mol. The van der Waals surface area contributed by atoms with Crippen molar-refractivity contribution < 1.29 is 0 Å². The third-order valence-corrected chi connectivity index (χ3v) is 11.7. The highest BCUT2D eigenvalue weighted by Gasteiger charge is 2.38. The molecule has 9 aromatic rings. The first-order chi connectivity index (χ1) is 27.6. The topological polar surface area (TPSA) is 3.24 Å². The lowest BCUT2D eigenvalue weighted by atomic mass is 9.82. The number of nitrogens with zero attached hydrogens (tertiary/aromatic N) is 1. The van der Waals surface area contributed by atoms with Crippen LogP contribution < -0.4 is 4.90 Å². The molecule has 0 amide bonds. The largest absolute Gasteiger partial charge is 0.309 e. The summed E-state index contributed by atoms with van der Waals surface area (Å²) in [5.74, 6) is 0. The zero-order valence-electron chi connectivity index (χ0n) is 31.7. The van der Waals surface area contributed by atoms with Crippen LogP contribution in [0.4, 0.5) is 17.1 Å². The van der Waals surface area contributed by atoms with E-state index in [4.69, 9.17) is 0 Å². The third-order valence-electron chi connectivity index (χ3n) is 11.7. The molecular formula is C55H41N. The molecule has 0 spiro atoms. The van der Waals surface area contributed by atoms with Crippen LogP contribution in [0.3, 0.4) is 0 Å². The lowest BCUT2D eigenvalue weighted by Crippen LogP contribution is -2.16. The normalized spacial score (nSPS) is 12.6. The standard InChI is InChI=1S/C55H41N/c1-55(2)49-29-13-10-27-48(49)54-50(55)30-17-33-53(54)56(52-32-15-12-26-47(52)46-25-9-8-23-44(46)38-18-4-3-5-19-38)51-31-14-11-24-45(51)41-36-34-40(35-37-41)43-28-16-21-39-20-6-7-22-42(39)43/h3-37H,1-2H3. The van der Waals surface area contributed by atoms with Gasteiger partial charge in [0.15, 0.2) is 0 Å². The average Bonchev–Trinajstić information content (AvgIpc) is 3.50. The minimum absolute atomic E-state index is 0.135. The molecule has 1 aliphatic rings. The van der Waals surface area contributed by atoms with Crippen molar-refractivity contribution in [2.75, 3.05) is 4.90 Å². The van der Waals surface area contributed by atoms with Crippen molar-refractivity contribution in [3.63, 3.8) is 0 Å². The third kappa shape index (κ3) is 5.55. The summed E-state index contributed by atoms with van der Waals surface area (Å²) in [6, 6.07) is 77.6. The second-order valence-corrected chi connectivity index (χ2v) is 15.3. The molecule has 0 aromatic heterocycles. The molecule has 1 nitrogen and oxygen atoms in total. The van der Waals surface area contributed by atoms with Crippen LogP contribution in [-0.4, -0.2) is 0 Å². The number of rotatable bonds is 7. The molecule has 56 heavy (non-hydrogen) atoms. The van der Waals surface area contributed by atoms with Crippen LogP contribution in [-0.2, 0) is 5.41 Å². The number of para-hydroxylation sites is 2. The summed E-state index contributed by atoms with van der Waals surface area (Å²) in [4.78, 5) is 2.53. The summed E-state index contributed by atoms with van der Waals surface area (Å²) in [6.07, 6.45) is 0. The summed E-state index contributed by atoms with van der Waals surface area (Å²) >= 11 is 0. The summed E-state index contributed by atoms with van der Waals surface area (Å²) in [6.45, 7) is 4.72. The second-order valence-electron chi connectivity index (χ2n) is 15.3. The molecule has 0 unspecified atom stereocenters. The van der Waals surface area contributed by atoms with Gasteiger partial charge >= 0.3 is 0 Å². The Hall–Kier alpha value is -6.96. The number of anilines is 3. The maximum absolute atomic E-state index is 2.53. The zero-order chi connectivity index (χ0) is 37.6. The Morgan fingerprint density at radius 2 is 0.768 bits per heavy atom. The highest BCUT2D eigenvalue weighted by Crippen LogP contribution is 2.56. The predicted molar refractivity (Wildman–Crippen MR) is 238 cm³/mol. The van der Waals surface area contributed by atoms with Crippen molar-refractivity contribution in [3.8, 4) is 55.6 Å². The lowest BCUT2D eigenvalue weighted by Gasteiger charge is -2.32. The maximum atomic E-state index is 2.53. The summed E-state index contributed by atoms with van der Waals surface area (Å²) in [7, 11) is 0. The van der Waals surface area contributed by atoms with E-state index in [0.717, 1.165) is 11.4 Å². The van der Waals surface area contributed by atoms with Crippen molar-refractivity contribution in [3.05, 3.63) is 223 Å². The van der Waals surface area contributed by atoms with E-state index in [1.165, 1.54) is 83.2 Å². The van der Waals surface area contributed by atoms with Crippen LogP contribution in [0.15, 0.2) is 212 Å². The van der Waals surface area contributed by atoms with Crippen LogP contribution in [0.1, 0.15) is 25.0 Å². The molecule has 9 aromatic carbocycles. The van der Waals surface area contributed by atoms with Gasteiger partial charge in [-0.05, 0) is 79.0 Å². The van der Waals surface area contributed by atoms with E-state index >= 15 is 0 Å². The van der Waals surface area contributed by atoms with Gasteiger partial charge in [0, 0.05) is 22.1 Å². The van der Waals surface area contributed by atoms with Crippen molar-refractivity contribution in [2.24, 2.45) is 0 Å². The van der Waals surface area contributed by atoms with E-state index in [0.29, 0.717) is 0 Å². The second kappa shape index (κ2) is 13.7. The van der Waals surface area contributed by atoms with Gasteiger partial charge < -0.3 is 4.90 Å². The minimum Gasteiger partial charge on any atom is -0.309 e. The number of benzene rings is 9. The molecule has 0 aliphatic heterocycles. The summed E-state index contributed by atoms with van der Waals surface area (Å²) < 4.78 is 0. The van der Waals surface area contributed by atoms with Crippen LogP contribution in [0.2, 0.25) is 0 Å². The number of hydrogen-bond acceptors (Lipinski definition) is 1. The predicted octanol–water partition coefficient (Wildman–Crippen LogP) is 15.3. The van der Waals surface area contributed by atoms with E-state index in [1.807, 2.05) is 0 Å². The first-order valence-electron chi connectivity index (χ1n) is 19.5. The molecule has 266 valence electrons. The van der Waals surface area contributed by atoms with E-state index in [1.54, 1.807) is 0 Å². The molecular weight excluding hydrogens is 675 g/mol. The zero-order valence-corrected chi connectivity index (χ0v) is 31.7. The number of hydrogen-bond donors (Lipinski definition) is 0. The Bertz CT molecular complexity index is 2880. The van der Waals surface area contributed by atoms with Gasteiger partial charge in [-0.2, -0.15) is 0 Å². The molecule has 0 atom stereocenters. The van der Waals surface area contributed by atoms with Gasteiger partial charge in [-0.15, -0.1) is 0 Å². The summed E-state index contributed by atoms with van der Waals surface area (Å²) in [5.41, 5.74) is 18.2. The molecule has 0 N–H and O–H groups in total. The van der Waals surface area contributed by atoms with Crippen LogP contribution in [0.5, 0.6) is 0 Å². The van der Waals surface area contributed by atoms with Gasteiger partial charge in [0.2, 0.25) is 0 Å². The van der Waals surface area contributed by atoms with Gasteiger partial charge in [0.25, 0.3) is 0 Å². The molecule has 0 saturated heterocycles. The fourth-order valence-corrected chi connectivity index (χ4v) is 9.01. The highest BCUT2D eigenvalue weighted by molar-refractivity contribution is 6.02. The SMILES string of the molecule is CC1(C)c2ccccc2-c2c(N(c3ccccc3-c3ccc(-c4cccc5ccccc45)cc3)c3ccccc3-c3ccccc3-c3ccccc3)cccc21. The van der Waals surface area contributed by atoms with Crippen LogP contribution in [0.25, 0.3) is 66.4 Å². The van der Waals surface area contributed by atoms with Crippen molar-refractivity contribution in [1.82, 2.24) is 0 Å². The highest BCUT2D eigenvalue weighted by atomic mass is 15.2. The van der Waals surface area contributed by atoms with E-state index in [9.17, 15) is 0 Å². The van der Waals surface area contributed by atoms with Crippen molar-refractivity contribution >= 4 is 27.8 Å². The lowest BCUT2D eigenvalue weighted by molar-refractivity contribution is 0.660. The first kappa shape index (κ1) is 33.6. The van der Waals surface area contributed by atoms with Crippen LogP contribution in [0, 0.1) is 0 Å². The molecule has 0 radical (unpaired) electrons. The van der Waals surface area contributed by atoms with E-state index in [-0.39, 0.29) is 5.41 Å². The van der Waals surface area contributed by atoms with Gasteiger partial charge in [-0.1, -0.05) is 208 Å². The molecule has 10 rings (SSSR count). The molecule has 1 aliphatic carbocycles. The Balaban J connectivity index is 1.21. The monoisotopic (exact) mass is 715 g/mol. The molecule has 0 bridgehead atoms. The Labute approximate surface area is 329 Å². The molecule has 0 heterocycles. The van der Waals surface area contributed by atoms with Crippen molar-refractivity contribution in [1.29, 1.82) is 0 Å². The van der Waals surface area contributed by atoms with Crippen LogP contribution >= 0.6 is 0 Å². The Morgan fingerprint density at radius 1 is 0.304 bits per heavy atom. The maximum Gasteiger partial charge on any atom is 0.0543 e. The van der Waals surface area contributed by atoms with Gasteiger partial charge in [-0.25, -0.2) is 0 Å². The van der Waals surface area contributed by atoms with Crippen molar-refractivity contribution in [2.45, 2.75) is 19.3 Å². The number of fused-ring (bicyclic) bond motifs is 4. The molecule has 0 fully saturated rings. The fraction of sp³-hybridized carbons (Fsp3) is 0.0545. The fourth-order valence-electron chi connectivity index (χ4n) is 9.01. The molecule has 0 saturated carbocycles. The first-order valence-corrected chi connectivity index (χ1v) is 19.5. The van der Waals surface area contributed by atoms with E-state index in [2.05, 4.69) is 231 Å². The summed E-state index contributed by atoms with van der Waals surface area (Å²) in [5, 5.41) is 2.52. The van der Waals surface area contributed by atoms with Gasteiger partial charge in [0.1, 0.15) is 0 Å².